The summed E-state index contributed by atoms with van der Waals surface area (Å²) >= 11 is 0. The van der Waals surface area contributed by atoms with Crippen LogP contribution in [0.2, 0.25) is 0 Å². The molecule has 0 aliphatic rings. The molecule has 0 N–H and O–H groups in total. The second kappa shape index (κ2) is 4.55. The van der Waals surface area contributed by atoms with E-state index in [1.165, 1.54) is 13.4 Å². The maximum Gasteiger partial charge on any atom is 0.343 e. The summed E-state index contributed by atoms with van der Waals surface area (Å²) < 4.78 is 9.58. The molecule has 14 heavy (non-hydrogen) atoms. The fraction of sp³-hybridized carbons (Fsp3) is 0.444. The molecule has 0 radical (unpaired) electrons. The van der Waals surface area contributed by atoms with Gasteiger partial charge >= 0.3 is 5.97 Å². The molecule has 0 aliphatic carbocycles. The zero-order valence-electron chi connectivity index (χ0n) is 8.40. The number of esters is 1. The first-order chi connectivity index (χ1) is 6.65. The lowest BCUT2D eigenvalue weighted by Gasteiger charge is -2.07. The Balaban J connectivity index is 2.68. The van der Waals surface area contributed by atoms with Gasteiger partial charge in [0, 0.05) is 11.3 Å². The Morgan fingerprint density at radius 3 is 2.79 bits per heavy atom. The number of ether oxygens (including phenoxy) is 2. The fourth-order valence-corrected chi connectivity index (χ4v) is 0.848. The normalized spacial score (nSPS) is 9.64. The lowest BCUT2D eigenvalue weighted by atomic mass is 10.3. The molecule has 0 aromatic carbocycles. The molecule has 0 bridgehead atoms. The van der Waals surface area contributed by atoms with Crippen molar-refractivity contribution in [2.45, 2.75) is 13.8 Å². The number of carbonyl (C=O) groups excluding carboxylic acids is 1. The number of hydrogen-bond acceptors (Lipinski definition) is 5. The van der Waals surface area contributed by atoms with Crippen LogP contribution in [0.4, 0.5) is 0 Å². The highest BCUT2D eigenvalue weighted by Crippen LogP contribution is 2.14. The van der Waals surface area contributed by atoms with Gasteiger partial charge in [0.05, 0.1) is 7.11 Å². The molecule has 0 aliphatic heterocycles. The Bertz CT molecular complexity index is 339. The van der Waals surface area contributed by atoms with Crippen LogP contribution in [0.1, 0.15) is 11.3 Å². The number of hydrogen-bond donors (Lipinski definition) is 0. The van der Waals surface area contributed by atoms with E-state index < -0.39 is 5.97 Å². The van der Waals surface area contributed by atoms with Crippen LogP contribution >= 0.6 is 0 Å². The van der Waals surface area contributed by atoms with Crippen LogP contribution in [0.3, 0.4) is 0 Å². The van der Waals surface area contributed by atoms with Crippen molar-refractivity contribution in [3.63, 3.8) is 0 Å². The van der Waals surface area contributed by atoms with Crippen LogP contribution in [-0.2, 0) is 9.53 Å². The van der Waals surface area contributed by atoms with Crippen LogP contribution in [-0.4, -0.2) is 29.7 Å². The number of aromatic nitrogens is 2. The molecule has 1 heterocycles. The van der Waals surface area contributed by atoms with Gasteiger partial charge in [0.2, 0.25) is 5.88 Å². The second-order valence-corrected chi connectivity index (χ2v) is 2.75. The van der Waals surface area contributed by atoms with Gasteiger partial charge in [-0.1, -0.05) is 0 Å². The number of rotatable bonds is 3. The molecule has 5 heteroatoms. The summed E-state index contributed by atoms with van der Waals surface area (Å²) in [6.07, 6.45) is 1.40. The number of aryl methyl sites for hydroxylation is 1. The summed E-state index contributed by atoms with van der Waals surface area (Å²) in [5.41, 5.74) is 1.66. The van der Waals surface area contributed by atoms with Crippen molar-refractivity contribution in [3.8, 4) is 5.88 Å². The van der Waals surface area contributed by atoms with Crippen molar-refractivity contribution < 1.29 is 14.3 Å². The molecule has 1 aromatic heterocycles. The largest absolute Gasteiger partial charge is 0.466 e. The van der Waals surface area contributed by atoms with E-state index in [4.69, 9.17) is 4.74 Å². The highest BCUT2D eigenvalue weighted by atomic mass is 16.6. The average Bonchev–Trinajstić information content (AvgIpc) is 2.20. The summed E-state index contributed by atoms with van der Waals surface area (Å²) in [6, 6.07) is 0. The molecular formula is C9H12N2O3. The molecule has 0 amide bonds. The van der Waals surface area contributed by atoms with E-state index in [2.05, 4.69) is 14.7 Å². The van der Waals surface area contributed by atoms with E-state index in [0.717, 1.165) is 11.3 Å². The van der Waals surface area contributed by atoms with Gasteiger partial charge in [-0.05, 0) is 13.8 Å². The average molecular weight is 196 g/mol. The molecule has 1 aromatic rings. The van der Waals surface area contributed by atoms with Gasteiger partial charge < -0.3 is 9.47 Å². The van der Waals surface area contributed by atoms with Gasteiger partial charge in [-0.25, -0.2) is 14.8 Å². The summed E-state index contributed by atoms with van der Waals surface area (Å²) in [5, 5.41) is 0. The van der Waals surface area contributed by atoms with Gasteiger partial charge in [0.15, 0.2) is 6.61 Å². The summed E-state index contributed by atoms with van der Waals surface area (Å²) in [4.78, 5) is 18.7. The number of methoxy groups -OCH3 is 1. The van der Waals surface area contributed by atoms with Crippen LogP contribution in [0, 0.1) is 13.8 Å². The molecule has 1 rings (SSSR count). The van der Waals surface area contributed by atoms with Gasteiger partial charge in [-0.3, -0.25) is 0 Å². The van der Waals surface area contributed by atoms with Crippen molar-refractivity contribution >= 4 is 5.97 Å². The Labute approximate surface area is 82.1 Å². The van der Waals surface area contributed by atoms with Crippen molar-refractivity contribution in [2.75, 3.05) is 13.7 Å². The summed E-state index contributed by atoms with van der Waals surface area (Å²) in [6.45, 7) is 3.55. The second-order valence-electron chi connectivity index (χ2n) is 2.75. The lowest BCUT2D eigenvalue weighted by Crippen LogP contribution is -2.14. The first-order valence-electron chi connectivity index (χ1n) is 4.13. The molecule has 0 atom stereocenters. The molecule has 76 valence electrons. The van der Waals surface area contributed by atoms with Crippen LogP contribution in [0.15, 0.2) is 6.33 Å². The minimum Gasteiger partial charge on any atom is -0.466 e. The Hall–Kier alpha value is -1.65. The highest BCUT2D eigenvalue weighted by Gasteiger charge is 2.07. The highest BCUT2D eigenvalue weighted by molar-refractivity contribution is 5.70. The Morgan fingerprint density at radius 2 is 2.14 bits per heavy atom. The molecule has 0 spiro atoms. The smallest absolute Gasteiger partial charge is 0.343 e. The molecule has 0 unspecified atom stereocenters. The molecule has 0 saturated carbocycles. The van der Waals surface area contributed by atoms with E-state index in [0.29, 0.717) is 5.88 Å². The molecule has 0 saturated heterocycles. The van der Waals surface area contributed by atoms with E-state index in [-0.39, 0.29) is 6.61 Å². The quantitative estimate of drug-likeness (QED) is 0.664. The standard InChI is InChI=1S/C9H12N2O3/c1-6-7(2)10-5-11-9(6)14-4-8(12)13-3/h5H,4H2,1-3H3. The van der Waals surface area contributed by atoms with Gasteiger partial charge in [-0.15, -0.1) is 0 Å². The lowest BCUT2D eigenvalue weighted by molar-refractivity contribution is -0.143. The van der Waals surface area contributed by atoms with E-state index in [1.54, 1.807) is 0 Å². The Morgan fingerprint density at radius 1 is 1.43 bits per heavy atom. The zero-order chi connectivity index (χ0) is 10.6. The molecular weight excluding hydrogens is 184 g/mol. The zero-order valence-corrected chi connectivity index (χ0v) is 8.40. The predicted molar refractivity (Wildman–Crippen MR) is 49.0 cm³/mol. The molecule has 0 fully saturated rings. The van der Waals surface area contributed by atoms with Crippen molar-refractivity contribution in [1.82, 2.24) is 9.97 Å². The van der Waals surface area contributed by atoms with Crippen molar-refractivity contribution in [3.05, 3.63) is 17.6 Å². The van der Waals surface area contributed by atoms with Crippen molar-refractivity contribution in [1.29, 1.82) is 0 Å². The van der Waals surface area contributed by atoms with E-state index in [1.807, 2.05) is 13.8 Å². The van der Waals surface area contributed by atoms with Crippen LogP contribution in [0.5, 0.6) is 5.88 Å². The minimum absolute atomic E-state index is 0.131. The third-order valence-electron chi connectivity index (χ3n) is 1.84. The summed E-state index contributed by atoms with van der Waals surface area (Å²) in [7, 11) is 1.31. The maximum absolute atomic E-state index is 10.8. The van der Waals surface area contributed by atoms with Gasteiger partial charge in [0.1, 0.15) is 6.33 Å². The minimum atomic E-state index is -0.430. The summed E-state index contributed by atoms with van der Waals surface area (Å²) in [5.74, 6) is -0.0106. The number of nitrogens with zero attached hydrogens (tertiary/aromatic N) is 2. The van der Waals surface area contributed by atoms with Gasteiger partial charge in [-0.2, -0.15) is 0 Å². The predicted octanol–water partition coefficient (Wildman–Crippen LogP) is 0.645. The number of carbonyl (C=O) groups is 1. The SMILES string of the molecule is COC(=O)COc1ncnc(C)c1C. The third kappa shape index (κ3) is 2.42. The fourth-order valence-electron chi connectivity index (χ4n) is 0.848. The van der Waals surface area contributed by atoms with E-state index >= 15 is 0 Å². The monoisotopic (exact) mass is 196 g/mol. The van der Waals surface area contributed by atoms with Crippen LogP contribution < -0.4 is 4.74 Å². The molecule has 5 nitrogen and oxygen atoms in total. The first kappa shape index (κ1) is 10.4. The first-order valence-corrected chi connectivity index (χ1v) is 4.13. The van der Waals surface area contributed by atoms with Crippen LogP contribution in [0.25, 0.3) is 0 Å². The van der Waals surface area contributed by atoms with Gasteiger partial charge in [0.25, 0.3) is 0 Å². The Kier molecular flexibility index (Phi) is 3.39. The van der Waals surface area contributed by atoms with E-state index in [9.17, 15) is 4.79 Å². The maximum atomic E-state index is 10.8. The topological polar surface area (TPSA) is 61.3 Å². The van der Waals surface area contributed by atoms with Crippen molar-refractivity contribution in [2.24, 2.45) is 0 Å². The third-order valence-corrected chi connectivity index (χ3v) is 1.84.